The first kappa shape index (κ1) is 14.9. The van der Waals surface area contributed by atoms with Crippen molar-refractivity contribution in [1.82, 2.24) is 20.0 Å². The predicted octanol–water partition coefficient (Wildman–Crippen LogP) is 1.57. The fourth-order valence-corrected chi connectivity index (χ4v) is 2.28. The van der Waals surface area contributed by atoms with Gasteiger partial charge in [-0.2, -0.15) is 0 Å². The number of aromatic nitrogens is 4. The summed E-state index contributed by atoms with van der Waals surface area (Å²) < 4.78 is 6.38. The number of esters is 1. The van der Waals surface area contributed by atoms with Gasteiger partial charge in [-0.1, -0.05) is 5.21 Å². The van der Waals surface area contributed by atoms with Crippen LogP contribution in [-0.4, -0.2) is 33.1 Å². The molecule has 116 valence electrons. The molecular formula is C16H15N5O2. The van der Waals surface area contributed by atoms with E-state index in [-0.39, 0.29) is 12.5 Å². The Morgan fingerprint density at radius 3 is 2.65 bits per heavy atom. The molecule has 0 aliphatic heterocycles. The number of pyridine rings is 1. The zero-order valence-corrected chi connectivity index (χ0v) is 12.5. The van der Waals surface area contributed by atoms with Crippen LogP contribution in [0.4, 0.5) is 0 Å². The second-order valence-corrected chi connectivity index (χ2v) is 4.78. The third-order valence-electron chi connectivity index (χ3n) is 3.40. The molecule has 0 fully saturated rings. The van der Waals surface area contributed by atoms with Gasteiger partial charge in [-0.25, -0.2) is 9.48 Å². The third kappa shape index (κ3) is 2.82. The lowest BCUT2D eigenvalue weighted by molar-refractivity contribution is 0.0601. The molecule has 0 aliphatic rings. The summed E-state index contributed by atoms with van der Waals surface area (Å²) in [7, 11) is 1.35. The molecule has 2 aromatic heterocycles. The molecule has 0 atom stereocenters. The van der Waals surface area contributed by atoms with E-state index in [4.69, 9.17) is 10.5 Å². The summed E-state index contributed by atoms with van der Waals surface area (Å²) in [5.41, 5.74) is 9.33. The van der Waals surface area contributed by atoms with Crippen LogP contribution in [0.3, 0.4) is 0 Å². The highest BCUT2D eigenvalue weighted by Crippen LogP contribution is 2.24. The zero-order chi connectivity index (χ0) is 16.2. The van der Waals surface area contributed by atoms with Crippen LogP contribution in [-0.2, 0) is 11.3 Å². The van der Waals surface area contributed by atoms with Gasteiger partial charge in [0.2, 0.25) is 0 Å². The highest BCUT2D eigenvalue weighted by atomic mass is 16.5. The monoisotopic (exact) mass is 309 g/mol. The second kappa shape index (κ2) is 6.37. The molecule has 7 nitrogen and oxygen atoms in total. The molecule has 0 amide bonds. The zero-order valence-electron chi connectivity index (χ0n) is 12.5. The molecule has 0 saturated heterocycles. The van der Waals surface area contributed by atoms with Crippen LogP contribution < -0.4 is 5.73 Å². The molecular weight excluding hydrogens is 294 g/mol. The molecule has 0 unspecified atom stereocenters. The van der Waals surface area contributed by atoms with Gasteiger partial charge in [0.1, 0.15) is 11.4 Å². The number of methoxy groups -OCH3 is 1. The summed E-state index contributed by atoms with van der Waals surface area (Å²) in [5, 5.41) is 8.30. The second-order valence-electron chi connectivity index (χ2n) is 4.78. The lowest BCUT2D eigenvalue weighted by atomic mass is 10.1. The maximum absolute atomic E-state index is 11.5. The molecule has 0 saturated carbocycles. The Balaban J connectivity index is 2.07. The van der Waals surface area contributed by atoms with E-state index >= 15 is 0 Å². The van der Waals surface area contributed by atoms with Crippen molar-refractivity contribution in [1.29, 1.82) is 0 Å². The molecule has 3 rings (SSSR count). The summed E-state index contributed by atoms with van der Waals surface area (Å²) in [6, 6.07) is 10.7. The summed E-state index contributed by atoms with van der Waals surface area (Å²) >= 11 is 0. The normalized spacial score (nSPS) is 10.5. The van der Waals surface area contributed by atoms with Crippen molar-refractivity contribution in [2.24, 2.45) is 5.73 Å². The Labute approximate surface area is 132 Å². The van der Waals surface area contributed by atoms with Gasteiger partial charge in [0.15, 0.2) is 0 Å². The van der Waals surface area contributed by atoms with E-state index in [0.717, 1.165) is 16.9 Å². The Morgan fingerprint density at radius 2 is 2.04 bits per heavy atom. The maximum Gasteiger partial charge on any atom is 0.337 e. The standard InChI is InChI=1S/C16H15N5O2/c1-23-16(22)11-4-6-13(7-5-11)21-15(14(9-17)19-20-21)12-3-2-8-18-10-12/h2-8,10H,9,17H2,1H3. The number of nitrogens with two attached hydrogens (primary N) is 1. The molecule has 7 heteroatoms. The van der Waals surface area contributed by atoms with E-state index in [2.05, 4.69) is 15.3 Å². The summed E-state index contributed by atoms with van der Waals surface area (Å²) in [6.45, 7) is 0.268. The van der Waals surface area contributed by atoms with Gasteiger partial charge in [0, 0.05) is 24.5 Å². The lowest BCUT2D eigenvalue weighted by Crippen LogP contribution is -2.04. The maximum atomic E-state index is 11.5. The summed E-state index contributed by atoms with van der Waals surface area (Å²) in [6.07, 6.45) is 3.43. The molecule has 0 aliphatic carbocycles. The van der Waals surface area contributed by atoms with Crippen LogP contribution in [0, 0.1) is 0 Å². The molecule has 0 spiro atoms. The van der Waals surface area contributed by atoms with Gasteiger partial charge in [-0.3, -0.25) is 4.98 Å². The minimum atomic E-state index is -0.384. The van der Waals surface area contributed by atoms with Crippen LogP contribution in [0.5, 0.6) is 0 Å². The number of hydrogen-bond donors (Lipinski definition) is 1. The van der Waals surface area contributed by atoms with Crippen LogP contribution in [0.25, 0.3) is 16.9 Å². The van der Waals surface area contributed by atoms with Crippen molar-refractivity contribution in [3.05, 3.63) is 60.0 Å². The van der Waals surface area contributed by atoms with Crippen LogP contribution >= 0.6 is 0 Å². The molecule has 2 heterocycles. The lowest BCUT2D eigenvalue weighted by Gasteiger charge is -2.08. The Bertz CT molecular complexity index is 812. The van der Waals surface area contributed by atoms with E-state index < -0.39 is 0 Å². The van der Waals surface area contributed by atoms with E-state index in [9.17, 15) is 4.79 Å². The highest BCUT2D eigenvalue weighted by Gasteiger charge is 2.16. The predicted molar refractivity (Wildman–Crippen MR) is 83.8 cm³/mol. The molecule has 23 heavy (non-hydrogen) atoms. The third-order valence-corrected chi connectivity index (χ3v) is 3.40. The number of ether oxygens (including phenoxy) is 1. The highest BCUT2D eigenvalue weighted by molar-refractivity contribution is 5.89. The van der Waals surface area contributed by atoms with E-state index in [1.807, 2.05) is 12.1 Å². The van der Waals surface area contributed by atoms with Gasteiger partial charge in [0.05, 0.1) is 18.4 Å². The van der Waals surface area contributed by atoms with Crippen molar-refractivity contribution in [3.63, 3.8) is 0 Å². The number of benzene rings is 1. The molecule has 3 aromatic rings. The average Bonchev–Trinajstić information content (AvgIpc) is 3.06. The van der Waals surface area contributed by atoms with Crippen molar-refractivity contribution < 1.29 is 9.53 Å². The molecule has 1 aromatic carbocycles. The van der Waals surface area contributed by atoms with Gasteiger partial charge < -0.3 is 10.5 Å². The first-order valence-electron chi connectivity index (χ1n) is 6.98. The topological polar surface area (TPSA) is 95.9 Å². The quantitative estimate of drug-likeness (QED) is 0.735. The van der Waals surface area contributed by atoms with Crippen molar-refractivity contribution in [2.45, 2.75) is 6.54 Å². The minimum Gasteiger partial charge on any atom is -0.465 e. The van der Waals surface area contributed by atoms with Crippen molar-refractivity contribution >= 4 is 5.97 Å². The van der Waals surface area contributed by atoms with E-state index in [1.54, 1.807) is 41.3 Å². The fourth-order valence-electron chi connectivity index (χ4n) is 2.28. The van der Waals surface area contributed by atoms with E-state index in [1.165, 1.54) is 7.11 Å². The number of carbonyl (C=O) groups excluding carboxylic acids is 1. The van der Waals surface area contributed by atoms with Crippen molar-refractivity contribution in [3.8, 4) is 16.9 Å². The fraction of sp³-hybridized carbons (Fsp3) is 0.125. The van der Waals surface area contributed by atoms with Gasteiger partial charge in [0.25, 0.3) is 0 Å². The van der Waals surface area contributed by atoms with Crippen molar-refractivity contribution in [2.75, 3.05) is 7.11 Å². The number of nitrogens with zero attached hydrogens (tertiary/aromatic N) is 4. The van der Waals surface area contributed by atoms with E-state index in [0.29, 0.717) is 11.3 Å². The van der Waals surface area contributed by atoms with Crippen LogP contribution in [0.2, 0.25) is 0 Å². The summed E-state index contributed by atoms with van der Waals surface area (Å²) in [5.74, 6) is -0.384. The Morgan fingerprint density at radius 1 is 1.26 bits per heavy atom. The SMILES string of the molecule is COC(=O)c1ccc(-n2nnc(CN)c2-c2cccnc2)cc1. The molecule has 0 radical (unpaired) electrons. The Kier molecular flexibility index (Phi) is 4.11. The van der Waals surface area contributed by atoms with Gasteiger partial charge in [-0.05, 0) is 36.4 Å². The molecule has 0 bridgehead atoms. The summed E-state index contributed by atoms with van der Waals surface area (Å²) in [4.78, 5) is 15.6. The molecule has 2 N–H and O–H groups in total. The first-order chi connectivity index (χ1) is 11.2. The van der Waals surface area contributed by atoms with Crippen LogP contribution in [0.1, 0.15) is 16.1 Å². The Hall–Kier alpha value is -3.06. The van der Waals surface area contributed by atoms with Gasteiger partial charge >= 0.3 is 5.97 Å². The largest absolute Gasteiger partial charge is 0.465 e. The smallest absolute Gasteiger partial charge is 0.337 e. The average molecular weight is 309 g/mol. The minimum absolute atomic E-state index is 0.268. The first-order valence-corrected chi connectivity index (χ1v) is 6.98. The number of hydrogen-bond acceptors (Lipinski definition) is 6. The number of rotatable bonds is 4. The van der Waals surface area contributed by atoms with Crippen LogP contribution in [0.15, 0.2) is 48.8 Å². The van der Waals surface area contributed by atoms with Gasteiger partial charge in [-0.15, -0.1) is 5.10 Å². The number of carbonyl (C=O) groups is 1.